The van der Waals surface area contributed by atoms with Crippen LogP contribution in [-0.4, -0.2) is 13.2 Å². The summed E-state index contributed by atoms with van der Waals surface area (Å²) in [7, 11) is 0. The molecule has 0 saturated carbocycles. The van der Waals surface area contributed by atoms with Gasteiger partial charge in [-0.1, -0.05) is 24.6 Å². The monoisotopic (exact) mass is 164 g/mol. The molecule has 0 N–H and O–H groups in total. The van der Waals surface area contributed by atoms with E-state index in [9.17, 15) is 0 Å². The summed E-state index contributed by atoms with van der Waals surface area (Å²) in [5.41, 5.74) is 3.22. The molecule has 1 saturated heterocycles. The zero-order valence-electron chi connectivity index (χ0n) is 7.68. The van der Waals surface area contributed by atoms with Crippen LogP contribution in [0.4, 0.5) is 0 Å². The minimum absolute atomic E-state index is 0.613. The minimum Gasteiger partial charge on any atom is -0.376 e. The summed E-state index contributed by atoms with van der Waals surface area (Å²) in [5, 5.41) is 0. The predicted octanol–water partition coefficient (Wildman–Crippen LogP) is 2.69. The second-order valence-corrected chi connectivity index (χ2v) is 3.57. The second kappa shape index (κ2) is 3.44. The molecule has 1 atom stereocenters. The first-order chi connectivity index (χ1) is 5.92. The lowest BCUT2D eigenvalue weighted by molar-refractivity contribution is 0.195. The molecule has 0 aromatic rings. The fourth-order valence-corrected chi connectivity index (χ4v) is 2.12. The quantitative estimate of drug-likeness (QED) is 0.541. The fourth-order valence-electron chi connectivity index (χ4n) is 2.12. The van der Waals surface area contributed by atoms with Crippen molar-refractivity contribution in [2.75, 3.05) is 13.2 Å². The Hall–Kier alpha value is -0.560. The number of ether oxygens (including phenoxy) is 1. The Kier molecular flexibility index (Phi) is 2.31. The number of rotatable bonds is 1. The van der Waals surface area contributed by atoms with Crippen molar-refractivity contribution in [1.29, 1.82) is 0 Å². The van der Waals surface area contributed by atoms with Gasteiger partial charge in [0.05, 0.1) is 13.2 Å². The van der Waals surface area contributed by atoms with Crippen LogP contribution in [0.15, 0.2) is 23.3 Å². The largest absolute Gasteiger partial charge is 0.376 e. The third kappa shape index (κ3) is 1.34. The van der Waals surface area contributed by atoms with Gasteiger partial charge in [-0.15, -0.1) is 0 Å². The van der Waals surface area contributed by atoms with Crippen LogP contribution in [0.2, 0.25) is 0 Å². The van der Waals surface area contributed by atoms with E-state index in [-0.39, 0.29) is 0 Å². The highest BCUT2D eigenvalue weighted by atomic mass is 16.5. The van der Waals surface area contributed by atoms with Crippen LogP contribution in [0.1, 0.15) is 26.2 Å². The lowest BCUT2D eigenvalue weighted by Gasteiger charge is -2.08. The predicted molar refractivity (Wildman–Crippen MR) is 50.0 cm³/mol. The number of hydrogen-bond acceptors (Lipinski definition) is 1. The fraction of sp³-hybridized carbons (Fsp3) is 0.636. The van der Waals surface area contributed by atoms with Crippen molar-refractivity contribution in [3.05, 3.63) is 23.3 Å². The molecule has 1 aliphatic carbocycles. The lowest BCUT2D eigenvalue weighted by Crippen LogP contribution is -1.99. The van der Waals surface area contributed by atoms with E-state index in [1.54, 1.807) is 11.1 Å². The Morgan fingerprint density at radius 1 is 1.58 bits per heavy atom. The first kappa shape index (κ1) is 8.06. The molecule has 1 heterocycles. The van der Waals surface area contributed by atoms with E-state index >= 15 is 0 Å². The molecule has 0 bridgehead atoms. The van der Waals surface area contributed by atoms with Gasteiger partial charge >= 0.3 is 0 Å². The zero-order valence-corrected chi connectivity index (χ0v) is 7.68. The maximum Gasteiger partial charge on any atom is 0.0686 e. The van der Waals surface area contributed by atoms with E-state index in [0.717, 1.165) is 13.2 Å². The van der Waals surface area contributed by atoms with E-state index in [1.807, 2.05) is 0 Å². The normalized spacial score (nSPS) is 28.9. The Morgan fingerprint density at radius 3 is 3.33 bits per heavy atom. The molecule has 0 aromatic heterocycles. The topological polar surface area (TPSA) is 9.23 Å². The van der Waals surface area contributed by atoms with E-state index in [0.29, 0.717) is 5.92 Å². The summed E-state index contributed by atoms with van der Waals surface area (Å²) in [6, 6.07) is 0. The highest BCUT2D eigenvalue weighted by Crippen LogP contribution is 2.30. The van der Waals surface area contributed by atoms with E-state index in [4.69, 9.17) is 4.74 Å². The van der Waals surface area contributed by atoms with Gasteiger partial charge in [-0.25, -0.2) is 0 Å². The van der Waals surface area contributed by atoms with Gasteiger partial charge in [0.15, 0.2) is 0 Å². The van der Waals surface area contributed by atoms with Crippen LogP contribution in [0.25, 0.3) is 0 Å². The van der Waals surface area contributed by atoms with Crippen molar-refractivity contribution in [2.24, 2.45) is 5.92 Å². The standard InChI is InChI=1S/C11H16O/c1-2-9-5-3-4-6-10-7-12-8-11(9)10/h4,6,10H,2-3,5,7-8H2,1H3. The van der Waals surface area contributed by atoms with Gasteiger partial charge in [0.1, 0.15) is 0 Å². The first-order valence-corrected chi connectivity index (χ1v) is 4.87. The minimum atomic E-state index is 0.613. The highest BCUT2D eigenvalue weighted by Gasteiger charge is 2.22. The molecular weight excluding hydrogens is 148 g/mol. The average molecular weight is 164 g/mol. The SMILES string of the molecule is CCC1=C2COCC2C=CCC1. The van der Waals surface area contributed by atoms with Gasteiger partial charge in [-0.05, 0) is 24.8 Å². The summed E-state index contributed by atoms with van der Waals surface area (Å²) in [4.78, 5) is 0. The Labute approximate surface area is 74.1 Å². The maximum atomic E-state index is 5.47. The van der Waals surface area contributed by atoms with E-state index in [1.165, 1.54) is 19.3 Å². The first-order valence-electron chi connectivity index (χ1n) is 4.87. The van der Waals surface area contributed by atoms with Gasteiger partial charge in [0.2, 0.25) is 0 Å². The van der Waals surface area contributed by atoms with Gasteiger partial charge in [0.25, 0.3) is 0 Å². The maximum absolute atomic E-state index is 5.47. The summed E-state index contributed by atoms with van der Waals surface area (Å²) in [5.74, 6) is 0.613. The Morgan fingerprint density at radius 2 is 2.50 bits per heavy atom. The van der Waals surface area contributed by atoms with Crippen molar-refractivity contribution in [3.8, 4) is 0 Å². The molecular formula is C11H16O. The summed E-state index contributed by atoms with van der Waals surface area (Å²) in [6.07, 6.45) is 8.31. The molecule has 1 nitrogen and oxygen atoms in total. The number of hydrogen-bond donors (Lipinski definition) is 0. The van der Waals surface area contributed by atoms with Gasteiger partial charge in [-0.2, -0.15) is 0 Å². The van der Waals surface area contributed by atoms with Gasteiger partial charge < -0.3 is 4.74 Å². The molecule has 12 heavy (non-hydrogen) atoms. The zero-order chi connectivity index (χ0) is 8.39. The van der Waals surface area contributed by atoms with E-state index in [2.05, 4.69) is 19.1 Å². The molecule has 1 fully saturated rings. The van der Waals surface area contributed by atoms with E-state index < -0.39 is 0 Å². The molecule has 2 rings (SSSR count). The summed E-state index contributed by atoms with van der Waals surface area (Å²) in [6.45, 7) is 4.05. The highest BCUT2D eigenvalue weighted by molar-refractivity contribution is 5.26. The van der Waals surface area contributed by atoms with Gasteiger partial charge in [-0.3, -0.25) is 0 Å². The third-order valence-electron chi connectivity index (χ3n) is 2.86. The van der Waals surface area contributed by atoms with Crippen LogP contribution in [0.3, 0.4) is 0 Å². The lowest BCUT2D eigenvalue weighted by atomic mass is 9.96. The van der Waals surface area contributed by atoms with Crippen LogP contribution in [0.5, 0.6) is 0 Å². The van der Waals surface area contributed by atoms with Crippen molar-refractivity contribution >= 4 is 0 Å². The molecule has 66 valence electrons. The average Bonchev–Trinajstić information content (AvgIpc) is 2.46. The third-order valence-corrected chi connectivity index (χ3v) is 2.86. The Balaban J connectivity index is 2.28. The van der Waals surface area contributed by atoms with Crippen molar-refractivity contribution in [1.82, 2.24) is 0 Å². The molecule has 2 aliphatic rings. The molecule has 1 aliphatic heterocycles. The smallest absolute Gasteiger partial charge is 0.0686 e. The molecule has 1 heteroatoms. The number of allylic oxidation sites excluding steroid dienone is 2. The molecule has 0 spiro atoms. The molecule has 1 unspecified atom stereocenters. The summed E-state index contributed by atoms with van der Waals surface area (Å²) < 4.78 is 5.47. The molecule has 0 amide bonds. The summed E-state index contributed by atoms with van der Waals surface area (Å²) >= 11 is 0. The van der Waals surface area contributed by atoms with Crippen molar-refractivity contribution < 1.29 is 4.74 Å². The molecule has 0 aromatic carbocycles. The second-order valence-electron chi connectivity index (χ2n) is 3.57. The number of fused-ring (bicyclic) bond motifs is 1. The van der Waals surface area contributed by atoms with Gasteiger partial charge in [0, 0.05) is 5.92 Å². The van der Waals surface area contributed by atoms with Crippen molar-refractivity contribution in [3.63, 3.8) is 0 Å². The van der Waals surface area contributed by atoms with Crippen LogP contribution in [-0.2, 0) is 4.74 Å². The van der Waals surface area contributed by atoms with Crippen LogP contribution < -0.4 is 0 Å². The van der Waals surface area contributed by atoms with Crippen LogP contribution >= 0.6 is 0 Å². The van der Waals surface area contributed by atoms with Crippen molar-refractivity contribution in [2.45, 2.75) is 26.2 Å². The Bertz CT molecular complexity index is 225. The molecule has 0 radical (unpaired) electrons. The van der Waals surface area contributed by atoms with Crippen LogP contribution in [0, 0.1) is 5.92 Å².